The SMILES string of the molecule is Cc1cc(CNC(=O)CN2CCN(C[C@H](C)O)CC2)ccc1F. The van der Waals surface area contributed by atoms with Crippen LogP contribution in [0.5, 0.6) is 0 Å². The van der Waals surface area contributed by atoms with Crippen LogP contribution in [0.3, 0.4) is 0 Å². The minimum absolute atomic E-state index is 0.0176. The van der Waals surface area contributed by atoms with Gasteiger partial charge in [0.15, 0.2) is 0 Å². The minimum Gasteiger partial charge on any atom is -0.392 e. The van der Waals surface area contributed by atoms with Crippen LogP contribution >= 0.6 is 0 Å². The summed E-state index contributed by atoms with van der Waals surface area (Å²) >= 11 is 0. The number of benzene rings is 1. The van der Waals surface area contributed by atoms with E-state index in [0.29, 0.717) is 25.2 Å². The van der Waals surface area contributed by atoms with Crippen molar-refractivity contribution in [2.45, 2.75) is 26.5 Å². The zero-order chi connectivity index (χ0) is 16.8. The average molecular weight is 323 g/mol. The Balaban J connectivity index is 1.70. The molecule has 1 aliphatic heterocycles. The first-order valence-electron chi connectivity index (χ1n) is 8.08. The van der Waals surface area contributed by atoms with Crippen molar-refractivity contribution in [2.24, 2.45) is 0 Å². The van der Waals surface area contributed by atoms with Crippen molar-refractivity contribution >= 4 is 5.91 Å². The molecular formula is C17H26FN3O2. The number of rotatable bonds is 6. The van der Waals surface area contributed by atoms with Gasteiger partial charge in [-0.3, -0.25) is 14.6 Å². The van der Waals surface area contributed by atoms with Crippen LogP contribution in [0.4, 0.5) is 4.39 Å². The molecule has 0 saturated carbocycles. The fourth-order valence-electron chi connectivity index (χ4n) is 2.78. The van der Waals surface area contributed by atoms with Crippen LogP contribution in [0, 0.1) is 12.7 Å². The van der Waals surface area contributed by atoms with E-state index in [2.05, 4.69) is 15.1 Å². The molecule has 128 valence electrons. The molecule has 1 fully saturated rings. The van der Waals surface area contributed by atoms with Crippen LogP contribution in [-0.2, 0) is 11.3 Å². The first-order chi connectivity index (χ1) is 10.9. The van der Waals surface area contributed by atoms with E-state index in [0.717, 1.165) is 31.7 Å². The number of piperazine rings is 1. The number of aryl methyl sites for hydroxylation is 1. The van der Waals surface area contributed by atoms with Gasteiger partial charge in [-0.1, -0.05) is 12.1 Å². The van der Waals surface area contributed by atoms with Gasteiger partial charge in [-0.2, -0.15) is 0 Å². The van der Waals surface area contributed by atoms with Crippen molar-refractivity contribution in [1.82, 2.24) is 15.1 Å². The fraction of sp³-hybridized carbons (Fsp3) is 0.588. The molecule has 5 nitrogen and oxygen atoms in total. The highest BCUT2D eigenvalue weighted by atomic mass is 19.1. The van der Waals surface area contributed by atoms with Gasteiger partial charge in [-0.25, -0.2) is 4.39 Å². The van der Waals surface area contributed by atoms with E-state index in [4.69, 9.17) is 0 Å². The Bertz CT molecular complexity index is 529. The number of β-amino-alcohol motifs (C(OH)–C–C–N with tert-alkyl or cyclic N) is 1. The van der Waals surface area contributed by atoms with Gasteiger partial charge in [-0.15, -0.1) is 0 Å². The molecule has 1 atom stereocenters. The first kappa shape index (κ1) is 17.8. The summed E-state index contributed by atoms with van der Waals surface area (Å²) in [6.07, 6.45) is -0.316. The van der Waals surface area contributed by atoms with E-state index in [1.54, 1.807) is 26.0 Å². The van der Waals surface area contributed by atoms with E-state index in [-0.39, 0.29) is 17.8 Å². The van der Waals surface area contributed by atoms with Crippen molar-refractivity contribution in [1.29, 1.82) is 0 Å². The predicted octanol–water partition coefficient (Wildman–Crippen LogP) is 0.749. The summed E-state index contributed by atoms with van der Waals surface area (Å²) in [6, 6.07) is 4.88. The molecule has 1 amide bonds. The molecule has 23 heavy (non-hydrogen) atoms. The molecule has 2 rings (SSSR count). The molecule has 1 aliphatic rings. The monoisotopic (exact) mass is 323 g/mol. The minimum atomic E-state index is -0.316. The van der Waals surface area contributed by atoms with Gasteiger partial charge in [0.25, 0.3) is 0 Å². The zero-order valence-electron chi connectivity index (χ0n) is 13.9. The molecule has 0 aromatic heterocycles. The van der Waals surface area contributed by atoms with Crippen molar-refractivity contribution < 1.29 is 14.3 Å². The third-order valence-electron chi connectivity index (χ3n) is 4.07. The molecule has 1 heterocycles. The lowest BCUT2D eigenvalue weighted by atomic mass is 10.1. The van der Waals surface area contributed by atoms with Crippen molar-refractivity contribution in [2.75, 3.05) is 39.3 Å². The third kappa shape index (κ3) is 5.89. The van der Waals surface area contributed by atoms with Gasteiger partial charge in [0.05, 0.1) is 12.6 Å². The second-order valence-electron chi connectivity index (χ2n) is 6.29. The highest BCUT2D eigenvalue weighted by Gasteiger charge is 2.19. The topological polar surface area (TPSA) is 55.8 Å². The largest absolute Gasteiger partial charge is 0.392 e. The fourth-order valence-corrected chi connectivity index (χ4v) is 2.78. The molecule has 6 heteroatoms. The molecular weight excluding hydrogens is 297 g/mol. The van der Waals surface area contributed by atoms with E-state index in [1.165, 1.54) is 6.07 Å². The van der Waals surface area contributed by atoms with Gasteiger partial charge in [-0.05, 0) is 31.0 Å². The second kappa shape index (κ2) is 8.38. The van der Waals surface area contributed by atoms with Crippen molar-refractivity contribution in [3.8, 4) is 0 Å². The lowest BCUT2D eigenvalue weighted by Gasteiger charge is -2.34. The number of halogens is 1. The Kier molecular flexibility index (Phi) is 6.50. The second-order valence-corrected chi connectivity index (χ2v) is 6.29. The number of aliphatic hydroxyl groups excluding tert-OH is 1. The summed E-state index contributed by atoms with van der Waals surface area (Å²) in [5, 5.41) is 12.3. The van der Waals surface area contributed by atoms with Gasteiger partial charge < -0.3 is 10.4 Å². The summed E-state index contributed by atoms with van der Waals surface area (Å²) in [4.78, 5) is 16.3. The van der Waals surface area contributed by atoms with Crippen molar-refractivity contribution in [3.63, 3.8) is 0 Å². The maximum absolute atomic E-state index is 13.2. The maximum Gasteiger partial charge on any atom is 0.234 e. The summed E-state index contributed by atoms with van der Waals surface area (Å²) in [5.74, 6) is -0.244. The van der Waals surface area contributed by atoms with Gasteiger partial charge in [0.2, 0.25) is 5.91 Å². The smallest absolute Gasteiger partial charge is 0.234 e. The van der Waals surface area contributed by atoms with Crippen LogP contribution in [0.2, 0.25) is 0 Å². The molecule has 0 aliphatic carbocycles. The molecule has 1 aromatic carbocycles. The lowest BCUT2D eigenvalue weighted by molar-refractivity contribution is -0.122. The molecule has 2 N–H and O–H groups in total. The van der Waals surface area contributed by atoms with Crippen LogP contribution in [-0.4, -0.2) is 66.2 Å². The number of nitrogens with zero attached hydrogens (tertiary/aromatic N) is 2. The van der Waals surface area contributed by atoms with E-state index >= 15 is 0 Å². The number of hydrogen-bond acceptors (Lipinski definition) is 4. The number of nitrogens with one attached hydrogen (secondary N) is 1. The average Bonchev–Trinajstić information content (AvgIpc) is 2.50. The normalized spacial score (nSPS) is 17.9. The lowest BCUT2D eigenvalue weighted by Crippen LogP contribution is -2.50. The Morgan fingerprint density at radius 1 is 1.30 bits per heavy atom. The standard InChI is InChI=1S/C17H26FN3O2/c1-13-9-15(3-4-16(13)18)10-19-17(23)12-21-7-5-20(6-8-21)11-14(2)22/h3-4,9,14,22H,5-8,10-12H2,1-2H3,(H,19,23)/t14-/m0/s1. The predicted molar refractivity (Wildman–Crippen MR) is 87.5 cm³/mol. The van der Waals surface area contributed by atoms with Crippen LogP contribution in [0.15, 0.2) is 18.2 Å². The summed E-state index contributed by atoms with van der Waals surface area (Å²) in [7, 11) is 0. The molecule has 1 aromatic rings. The van der Waals surface area contributed by atoms with Crippen LogP contribution < -0.4 is 5.32 Å². The van der Waals surface area contributed by atoms with Gasteiger partial charge in [0.1, 0.15) is 5.82 Å². The Hall–Kier alpha value is -1.50. The van der Waals surface area contributed by atoms with E-state index in [1.807, 2.05) is 0 Å². The molecule has 0 spiro atoms. The summed E-state index contributed by atoms with van der Waals surface area (Å²) < 4.78 is 13.2. The maximum atomic E-state index is 13.2. The Labute approximate surface area is 137 Å². The highest BCUT2D eigenvalue weighted by molar-refractivity contribution is 5.78. The van der Waals surface area contributed by atoms with E-state index in [9.17, 15) is 14.3 Å². The third-order valence-corrected chi connectivity index (χ3v) is 4.07. The Morgan fingerprint density at radius 3 is 2.57 bits per heavy atom. The van der Waals surface area contributed by atoms with Crippen LogP contribution in [0.1, 0.15) is 18.1 Å². The quantitative estimate of drug-likeness (QED) is 0.811. The molecule has 1 saturated heterocycles. The molecule has 0 radical (unpaired) electrons. The zero-order valence-corrected chi connectivity index (χ0v) is 13.9. The molecule has 0 unspecified atom stereocenters. The number of aliphatic hydroxyl groups is 1. The number of amides is 1. The molecule has 0 bridgehead atoms. The van der Waals surface area contributed by atoms with Gasteiger partial charge >= 0.3 is 0 Å². The van der Waals surface area contributed by atoms with E-state index < -0.39 is 0 Å². The van der Waals surface area contributed by atoms with Gasteiger partial charge in [0, 0.05) is 39.3 Å². The first-order valence-corrected chi connectivity index (χ1v) is 8.08. The Morgan fingerprint density at radius 2 is 1.96 bits per heavy atom. The summed E-state index contributed by atoms with van der Waals surface area (Å²) in [5.41, 5.74) is 1.49. The number of carbonyl (C=O) groups is 1. The highest BCUT2D eigenvalue weighted by Crippen LogP contribution is 2.09. The van der Waals surface area contributed by atoms with Crippen LogP contribution in [0.25, 0.3) is 0 Å². The number of hydrogen-bond donors (Lipinski definition) is 2. The number of carbonyl (C=O) groups excluding carboxylic acids is 1. The summed E-state index contributed by atoms with van der Waals surface area (Å²) in [6.45, 7) is 8.38. The van der Waals surface area contributed by atoms with Crippen molar-refractivity contribution in [3.05, 3.63) is 35.1 Å².